The third-order valence-corrected chi connectivity index (χ3v) is 2.42. The summed E-state index contributed by atoms with van der Waals surface area (Å²) in [5.74, 6) is 0.837. The molecule has 0 spiro atoms. The van der Waals surface area contributed by atoms with Gasteiger partial charge in [0.2, 0.25) is 0 Å². The zero-order valence-corrected chi connectivity index (χ0v) is 12.6. The van der Waals surface area contributed by atoms with Crippen molar-refractivity contribution in [2.24, 2.45) is 0 Å². The Labute approximate surface area is 120 Å². The second-order valence-electron chi connectivity index (χ2n) is 5.36. The summed E-state index contributed by atoms with van der Waals surface area (Å²) in [6.45, 7) is 6.07. The van der Waals surface area contributed by atoms with Crippen molar-refractivity contribution in [3.63, 3.8) is 0 Å². The van der Waals surface area contributed by atoms with Gasteiger partial charge in [0.1, 0.15) is 11.4 Å². The fourth-order valence-electron chi connectivity index (χ4n) is 1.59. The van der Waals surface area contributed by atoms with E-state index in [-0.39, 0.29) is 6.09 Å². The predicted octanol–water partition coefficient (Wildman–Crippen LogP) is 3.62. The molecule has 0 radical (unpaired) electrons. The van der Waals surface area contributed by atoms with E-state index in [0.29, 0.717) is 6.54 Å². The molecule has 0 aliphatic rings. The van der Waals surface area contributed by atoms with Crippen LogP contribution in [0.15, 0.2) is 30.3 Å². The smallest absolute Gasteiger partial charge is 0.407 e. The molecule has 1 aromatic rings. The summed E-state index contributed by atoms with van der Waals surface area (Å²) in [6, 6.07) is 7.79. The standard InChI is InChI=1S/C16H23NO3/c1-16(2,3)20-15(18)17-12-8-7-10-13-9-5-6-11-14(13)19-4/h5-7,9-11H,8,12H2,1-4H3,(H,17,18). The van der Waals surface area contributed by atoms with Gasteiger partial charge in [-0.15, -0.1) is 0 Å². The number of carbonyl (C=O) groups excluding carboxylic acids is 1. The monoisotopic (exact) mass is 277 g/mol. The summed E-state index contributed by atoms with van der Waals surface area (Å²) in [6.07, 6.45) is 4.32. The number of alkyl carbamates (subject to hydrolysis) is 1. The van der Waals surface area contributed by atoms with Gasteiger partial charge in [-0.1, -0.05) is 30.4 Å². The highest BCUT2D eigenvalue weighted by atomic mass is 16.6. The van der Waals surface area contributed by atoms with Crippen LogP contribution in [0.1, 0.15) is 32.8 Å². The topological polar surface area (TPSA) is 47.6 Å². The average Bonchev–Trinajstić information content (AvgIpc) is 2.36. The van der Waals surface area contributed by atoms with E-state index < -0.39 is 5.60 Å². The quantitative estimate of drug-likeness (QED) is 0.836. The lowest BCUT2D eigenvalue weighted by molar-refractivity contribution is 0.0529. The van der Waals surface area contributed by atoms with Crippen LogP contribution in [0.5, 0.6) is 5.75 Å². The summed E-state index contributed by atoms with van der Waals surface area (Å²) in [5.41, 5.74) is 0.560. The summed E-state index contributed by atoms with van der Waals surface area (Å²) in [5, 5.41) is 2.71. The Balaban J connectivity index is 2.34. The average molecular weight is 277 g/mol. The lowest BCUT2D eigenvalue weighted by Gasteiger charge is -2.19. The molecule has 0 aromatic heterocycles. The van der Waals surface area contributed by atoms with Crippen molar-refractivity contribution < 1.29 is 14.3 Å². The zero-order valence-electron chi connectivity index (χ0n) is 12.6. The number of rotatable bonds is 5. The summed E-state index contributed by atoms with van der Waals surface area (Å²) >= 11 is 0. The molecular weight excluding hydrogens is 254 g/mol. The van der Waals surface area contributed by atoms with Gasteiger partial charge in [-0.25, -0.2) is 4.79 Å². The van der Waals surface area contributed by atoms with Crippen LogP contribution >= 0.6 is 0 Å². The van der Waals surface area contributed by atoms with Crippen molar-refractivity contribution in [1.82, 2.24) is 5.32 Å². The van der Waals surface area contributed by atoms with E-state index in [1.54, 1.807) is 7.11 Å². The lowest BCUT2D eigenvalue weighted by atomic mass is 10.2. The first-order valence-electron chi connectivity index (χ1n) is 6.69. The predicted molar refractivity (Wildman–Crippen MR) is 80.9 cm³/mol. The van der Waals surface area contributed by atoms with Gasteiger partial charge in [-0.05, 0) is 33.3 Å². The van der Waals surface area contributed by atoms with Gasteiger partial charge in [0, 0.05) is 12.1 Å². The molecule has 1 rings (SSSR count). The van der Waals surface area contributed by atoms with Crippen molar-refractivity contribution in [3.8, 4) is 5.75 Å². The van der Waals surface area contributed by atoms with Crippen LogP contribution in [-0.4, -0.2) is 25.3 Å². The van der Waals surface area contributed by atoms with Gasteiger partial charge in [0.15, 0.2) is 0 Å². The largest absolute Gasteiger partial charge is 0.496 e. The Bertz CT molecular complexity index is 461. The van der Waals surface area contributed by atoms with Gasteiger partial charge in [0.05, 0.1) is 7.11 Å². The van der Waals surface area contributed by atoms with Crippen molar-refractivity contribution in [1.29, 1.82) is 0 Å². The second kappa shape index (κ2) is 7.58. The number of hydrogen-bond donors (Lipinski definition) is 1. The van der Waals surface area contributed by atoms with E-state index >= 15 is 0 Å². The maximum absolute atomic E-state index is 11.4. The number of para-hydroxylation sites is 1. The van der Waals surface area contributed by atoms with Gasteiger partial charge < -0.3 is 14.8 Å². The second-order valence-corrected chi connectivity index (χ2v) is 5.36. The molecule has 0 saturated carbocycles. The molecule has 0 unspecified atom stereocenters. The fraction of sp³-hybridized carbons (Fsp3) is 0.438. The summed E-state index contributed by atoms with van der Waals surface area (Å²) in [7, 11) is 1.65. The Hall–Kier alpha value is -1.97. The number of benzene rings is 1. The van der Waals surface area contributed by atoms with E-state index in [4.69, 9.17) is 9.47 Å². The van der Waals surface area contributed by atoms with Gasteiger partial charge in [-0.2, -0.15) is 0 Å². The first-order valence-corrected chi connectivity index (χ1v) is 6.69. The number of hydrogen-bond acceptors (Lipinski definition) is 3. The molecule has 1 N–H and O–H groups in total. The molecule has 0 bridgehead atoms. The Morgan fingerprint density at radius 3 is 2.65 bits per heavy atom. The molecule has 0 aliphatic heterocycles. The minimum Gasteiger partial charge on any atom is -0.496 e. The van der Waals surface area contributed by atoms with Crippen molar-refractivity contribution in [3.05, 3.63) is 35.9 Å². The molecule has 0 atom stereocenters. The Morgan fingerprint density at radius 1 is 1.30 bits per heavy atom. The summed E-state index contributed by atoms with van der Waals surface area (Å²) < 4.78 is 10.4. The normalized spacial score (nSPS) is 11.4. The highest BCUT2D eigenvalue weighted by molar-refractivity contribution is 5.67. The van der Waals surface area contributed by atoms with Crippen molar-refractivity contribution >= 4 is 12.2 Å². The number of methoxy groups -OCH3 is 1. The van der Waals surface area contributed by atoms with E-state index in [9.17, 15) is 4.79 Å². The molecule has 0 aliphatic carbocycles. The minimum atomic E-state index is -0.461. The van der Waals surface area contributed by atoms with E-state index in [2.05, 4.69) is 5.32 Å². The minimum absolute atomic E-state index is 0.386. The number of carbonyl (C=O) groups is 1. The Morgan fingerprint density at radius 2 is 2.00 bits per heavy atom. The third kappa shape index (κ3) is 6.27. The van der Waals surface area contributed by atoms with Gasteiger partial charge in [-0.3, -0.25) is 0 Å². The molecular formula is C16H23NO3. The molecule has 0 saturated heterocycles. The van der Waals surface area contributed by atoms with Crippen LogP contribution in [0.25, 0.3) is 6.08 Å². The molecule has 110 valence electrons. The molecule has 1 aromatic carbocycles. The highest BCUT2D eigenvalue weighted by Gasteiger charge is 2.15. The molecule has 1 amide bonds. The maximum atomic E-state index is 11.4. The highest BCUT2D eigenvalue weighted by Crippen LogP contribution is 2.18. The van der Waals surface area contributed by atoms with Crippen LogP contribution in [0.2, 0.25) is 0 Å². The molecule has 4 heteroatoms. The summed E-state index contributed by atoms with van der Waals surface area (Å²) in [4.78, 5) is 11.4. The van der Waals surface area contributed by atoms with Crippen LogP contribution in [0.3, 0.4) is 0 Å². The SMILES string of the molecule is COc1ccccc1C=CCCNC(=O)OC(C)(C)C. The van der Waals surface area contributed by atoms with Crippen LogP contribution < -0.4 is 10.1 Å². The van der Waals surface area contributed by atoms with Gasteiger partial charge >= 0.3 is 6.09 Å². The van der Waals surface area contributed by atoms with E-state index in [0.717, 1.165) is 17.7 Å². The first-order chi connectivity index (χ1) is 9.42. The van der Waals surface area contributed by atoms with Crippen LogP contribution in [-0.2, 0) is 4.74 Å². The van der Waals surface area contributed by atoms with Crippen LogP contribution in [0.4, 0.5) is 4.79 Å². The Kier molecular flexibility index (Phi) is 6.10. The number of ether oxygens (including phenoxy) is 2. The molecule has 4 nitrogen and oxygen atoms in total. The van der Waals surface area contributed by atoms with Gasteiger partial charge in [0.25, 0.3) is 0 Å². The van der Waals surface area contributed by atoms with E-state index in [1.165, 1.54) is 0 Å². The van der Waals surface area contributed by atoms with Crippen molar-refractivity contribution in [2.45, 2.75) is 32.8 Å². The van der Waals surface area contributed by atoms with Crippen molar-refractivity contribution in [2.75, 3.05) is 13.7 Å². The zero-order chi connectivity index (χ0) is 15.0. The fourth-order valence-corrected chi connectivity index (χ4v) is 1.59. The molecule has 0 fully saturated rings. The molecule has 20 heavy (non-hydrogen) atoms. The number of nitrogens with one attached hydrogen (secondary N) is 1. The number of amides is 1. The maximum Gasteiger partial charge on any atom is 0.407 e. The van der Waals surface area contributed by atoms with Crippen LogP contribution in [0, 0.1) is 0 Å². The lowest BCUT2D eigenvalue weighted by Crippen LogP contribution is -2.32. The van der Waals surface area contributed by atoms with E-state index in [1.807, 2.05) is 57.2 Å². The molecule has 0 heterocycles. The third-order valence-electron chi connectivity index (χ3n) is 2.42. The first kappa shape index (κ1) is 16.1.